The summed E-state index contributed by atoms with van der Waals surface area (Å²) in [6, 6.07) is 0. The topological polar surface area (TPSA) is 67.8 Å². The van der Waals surface area contributed by atoms with Crippen molar-refractivity contribution in [3.8, 4) is 0 Å². The first-order valence-corrected chi connectivity index (χ1v) is 6.17. The second-order valence-electron chi connectivity index (χ2n) is 4.43. The van der Waals surface area contributed by atoms with Crippen LogP contribution in [0.15, 0.2) is 40.1 Å². The van der Waals surface area contributed by atoms with E-state index in [1.165, 1.54) is 0 Å². The number of aliphatic imine (C=N–C) groups is 1. The van der Waals surface area contributed by atoms with E-state index in [2.05, 4.69) is 10.3 Å². The molecule has 2 aliphatic rings. The molecule has 5 heteroatoms. The van der Waals surface area contributed by atoms with Gasteiger partial charge in [0.05, 0.1) is 12.3 Å². The van der Waals surface area contributed by atoms with E-state index >= 15 is 0 Å². The number of nitrogens with one attached hydrogen (secondary N) is 1. The maximum Gasteiger partial charge on any atom is 0.434 e. The van der Waals surface area contributed by atoms with Gasteiger partial charge in [-0.15, -0.1) is 0 Å². The Bertz CT molecular complexity index is 553. The standard InChI is InChI=1S/C14H16N2O3/c1-4-19-14(18)15-10-5-6-11-8(2)9(3)13(17)16-12(11)7-10/h5-7,11H,4H2,1-3H3,(H,16,17)/b15-10-. The van der Waals surface area contributed by atoms with Gasteiger partial charge in [0.25, 0.3) is 5.91 Å². The Kier molecular flexibility index (Phi) is 3.64. The minimum absolute atomic E-state index is 0.0545. The van der Waals surface area contributed by atoms with Gasteiger partial charge in [0.1, 0.15) is 0 Å². The van der Waals surface area contributed by atoms with Gasteiger partial charge in [-0.3, -0.25) is 4.79 Å². The second-order valence-corrected chi connectivity index (χ2v) is 4.43. The normalized spacial score (nSPS) is 23.9. The smallest absolute Gasteiger partial charge is 0.434 e. The summed E-state index contributed by atoms with van der Waals surface area (Å²) in [5.74, 6) is -0.0513. The van der Waals surface area contributed by atoms with Gasteiger partial charge in [-0.2, -0.15) is 4.99 Å². The SMILES string of the molecule is CCOC(=O)/N=C1/C=CC2C(=C1)NC(=O)C(C)=C2C. The van der Waals surface area contributed by atoms with Gasteiger partial charge in [0.15, 0.2) is 0 Å². The summed E-state index contributed by atoms with van der Waals surface area (Å²) in [6.45, 7) is 5.75. The van der Waals surface area contributed by atoms with Crippen LogP contribution in [-0.4, -0.2) is 24.3 Å². The summed E-state index contributed by atoms with van der Waals surface area (Å²) in [6.07, 6.45) is 4.77. The summed E-state index contributed by atoms with van der Waals surface area (Å²) in [5, 5.41) is 2.81. The number of hydrogen-bond acceptors (Lipinski definition) is 3. The van der Waals surface area contributed by atoms with E-state index in [9.17, 15) is 9.59 Å². The zero-order valence-electron chi connectivity index (χ0n) is 11.2. The highest BCUT2D eigenvalue weighted by Crippen LogP contribution is 2.29. The zero-order valence-corrected chi connectivity index (χ0v) is 11.2. The molecule has 0 radical (unpaired) electrons. The lowest BCUT2D eigenvalue weighted by Crippen LogP contribution is -2.35. The minimum Gasteiger partial charge on any atom is -0.448 e. The Morgan fingerprint density at radius 2 is 2.21 bits per heavy atom. The Morgan fingerprint density at radius 1 is 1.47 bits per heavy atom. The van der Waals surface area contributed by atoms with Crippen LogP contribution in [0, 0.1) is 5.92 Å². The summed E-state index contributed by atoms with van der Waals surface area (Å²) in [4.78, 5) is 26.8. The molecule has 0 fully saturated rings. The molecule has 1 unspecified atom stereocenters. The molecule has 0 aromatic carbocycles. The van der Waals surface area contributed by atoms with Crippen LogP contribution in [0.25, 0.3) is 0 Å². The molecule has 5 nitrogen and oxygen atoms in total. The van der Waals surface area contributed by atoms with Crippen molar-refractivity contribution in [2.45, 2.75) is 20.8 Å². The van der Waals surface area contributed by atoms with Crippen LogP contribution in [0.3, 0.4) is 0 Å². The monoisotopic (exact) mass is 260 g/mol. The summed E-state index contributed by atoms with van der Waals surface area (Å²) in [5.41, 5.74) is 2.98. The van der Waals surface area contributed by atoms with Crippen LogP contribution in [0.1, 0.15) is 20.8 Å². The summed E-state index contributed by atoms with van der Waals surface area (Å²) < 4.78 is 4.75. The number of amides is 2. The average Bonchev–Trinajstić information content (AvgIpc) is 2.36. The predicted molar refractivity (Wildman–Crippen MR) is 71.7 cm³/mol. The Labute approximate surface area is 111 Å². The van der Waals surface area contributed by atoms with Crippen molar-refractivity contribution >= 4 is 17.7 Å². The van der Waals surface area contributed by atoms with Crippen molar-refractivity contribution in [3.05, 3.63) is 35.1 Å². The third kappa shape index (κ3) is 2.65. The van der Waals surface area contributed by atoms with Gasteiger partial charge in [0.2, 0.25) is 0 Å². The van der Waals surface area contributed by atoms with E-state index in [-0.39, 0.29) is 18.4 Å². The number of carbonyl (C=O) groups excluding carboxylic acids is 2. The third-order valence-corrected chi connectivity index (χ3v) is 3.24. The number of rotatable bonds is 1. The second kappa shape index (κ2) is 5.22. The summed E-state index contributed by atoms with van der Waals surface area (Å²) >= 11 is 0. The maximum atomic E-state index is 11.7. The number of allylic oxidation sites excluding steroid dienone is 3. The first-order chi connectivity index (χ1) is 9.02. The molecular weight excluding hydrogens is 244 g/mol. The van der Waals surface area contributed by atoms with Crippen molar-refractivity contribution in [2.75, 3.05) is 6.61 Å². The molecule has 1 heterocycles. The highest BCUT2D eigenvalue weighted by Gasteiger charge is 2.27. The number of ether oxygens (including phenoxy) is 1. The van der Waals surface area contributed by atoms with Crippen molar-refractivity contribution in [1.29, 1.82) is 0 Å². The average molecular weight is 260 g/mol. The van der Waals surface area contributed by atoms with E-state index in [0.29, 0.717) is 5.71 Å². The zero-order chi connectivity index (χ0) is 14.0. The van der Waals surface area contributed by atoms with Crippen molar-refractivity contribution in [3.63, 3.8) is 0 Å². The van der Waals surface area contributed by atoms with Crippen molar-refractivity contribution < 1.29 is 14.3 Å². The lowest BCUT2D eigenvalue weighted by Gasteiger charge is -2.28. The number of fused-ring (bicyclic) bond motifs is 1. The fourth-order valence-electron chi connectivity index (χ4n) is 2.05. The number of hydrogen-bond donors (Lipinski definition) is 1. The molecular formula is C14H16N2O3. The van der Waals surface area contributed by atoms with Crippen molar-refractivity contribution in [1.82, 2.24) is 5.32 Å². The van der Waals surface area contributed by atoms with Crippen LogP contribution in [0.5, 0.6) is 0 Å². The first kappa shape index (κ1) is 13.3. The Balaban J connectivity index is 2.27. The largest absolute Gasteiger partial charge is 0.448 e. The molecule has 0 saturated carbocycles. The Hall–Kier alpha value is -2.17. The fourth-order valence-corrected chi connectivity index (χ4v) is 2.05. The molecule has 1 atom stereocenters. The van der Waals surface area contributed by atoms with E-state index < -0.39 is 6.09 Å². The van der Waals surface area contributed by atoms with Crippen LogP contribution in [-0.2, 0) is 9.53 Å². The minimum atomic E-state index is -0.622. The van der Waals surface area contributed by atoms with E-state index in [4.69, 9.17) is 4.74 Å². The van der Waals surface area contributed by atoms with Gasteiger partial charge in [-0.05, 0) is 32.9 Å². The molecule has 0 aromatic heterocycles. The molecule has 1 aliphatic heterocycles. The molecule has 1 aliphatic carbocycles. The molecule has 19 heavy (non-hydrogen) atoms. The van der Waals surface area contributed by atoms with Crippen LogP contribution in [0.2, 0.25) is 0 Å². The maximum absolute atomic E-state index is 11.7. The third-order valence-electron chi connectivity index (χ3n) is 3.24. The van der Waals surface area contributed by atoms with Gasteiger partial charge < -0.3 is 10.1 Å². The van der Waals surface area contributed by atoms with Crippen LogP contribution < -0.4 is 5.32 Å². The summed E-state index contributed by atoms with van der Waals surface area (Å²) in [7, 11) is 0. The molecule has 0 bridgehead atoms. The van der Waals surface area contributed by atoms with Gasteiger partial charge >= 0.3 is 6.09 Å². The quantitative estimate of drug-likeness (QED) is 0.785. The van der Waals surface area contributed by atoms with E-state index in [0.717, 1.165) is 16.8 Å². The van der Waals surface area contributed by atoms with Crippen molar-refractivity contribution in [2.24, 2.45) is 10.9 Å². The Morgan fingerprint density at radius 3 is 2.89 bits per heavy atom. The molecule has 1 N–H and O–H groups in total. The molecule has 0 aromatic rings. The lowest BCUT2D eigenvalue weighted by atomic mass is 9.85. The lowest BCUT2D eigenvalue weighted by molar-refractivity contribution is -0.117. The van der Waals surface area contributed by atoms with Crippen LogP contribution >= 0.6 is 0 Å². The molecule has 100 valence electrons. The first-order valence-electron chi connectivity index (χ1n) is 6.17. The fraction of sp³-hybridized carbons (Fsp3) is 0.357. The molecule has 2 rings (SSSR count). The number of nitrogens with zero attached hydrogens (tertiary/aromatic N) is 1. The molecule has 2 amide bonds. The highest BCUT2D eigenvalue weighted by molar-refractivity contribution is 6.10. The number of carbonyl (C=O) groups is 2. The van der Waals surface area contributed by atoms with Gasteiger partial charge in [-0.1, -0.05) is 11.6 Å². The predicted octanol–water partition coefficient (Wildman–Crippen LogP) is 2.12. The van der Waals surface area contributed by atoms with E-state index in [1.54, 1.807) is 26.0 Å². The van der Waals surface area contributed by atoms with E-state index in [1.807, 2.05) is 13.0 Å². The van der Waals surface area contributed by atoms with Crippen LogP contribution in [0.4, 0.5) is 4.79 Å². The molecule has 0 spiro atoms. The van der Waals surface area contributed by atoms with Gasteiger partial charge in [0, 0.05) is 17.2 Å². The highest BCUT2D eigenvalue weighted by atomic mass is 16.5. The molecule has 0 saturated heterocycles. The van der Waals surface area contributed by atoms with Gasteiger partial charge in [-0.25, -0.2) is 4.79 Å².